The first kappa shape index (κ1) is 17.7. The lowest BCUT2D eigenvalue weighted by atomic mass is 10.1. The summed E-state index contributed by atoms with van der Waals surface area (Å²) in [6.45, 7) is 8.31. The Balaban J connectivity index is 2.14. The maximum Gasteiger partial charge on any atom is 0.254 e. The van der Waals surface area contributed by atoms with E-state index in [-0.39, 0.29) is 5.56 Å². The molecule has 0 atom stereocenters. The molecule has 0 amide bonds. The summed E-state index contributed by atoms with van der Waals surface area (Å²) in [6.07, 6.45) is 4.59. The molecule has 2 aromatic heterocycles. The molecule has 124 valence electrons. The zero-order valence-corrected chi connectivity index (χ0v) is 15.0. The number of thioether (sulfide) groups is 1. The van der Waals surface area contributed by atoms with Crippen LogP contribution in [0.3, 0.4) is 0 Å². The number of H-pyrrole nitrogens is 2. The van der Waals surface area contributed by atoms with E-state index in [0.717, 1.165) is 36.3 Å². The van der Waals surface area contributed by atoms with Crippen molar-refractivity contribution in [2.75, 3.05) is 0 Å². The van der Waals surface area contributed by atoms with E-state index in [1.54, 1.807) is 6.08 Å². The number of aryl methyl sites for hydroxylation is 1. The molecule has 0 aromatic carbocycles. The molecule has 6 nitrogen and oxygen atoms in total. The number of rotatable bonds is 8. The van der Waals surface area contributed by atoms with Gasteiger partial charge in [0.15, 0.2) is 9.93 Å². The van der Waals surface area contributed by atoms with E-state index in [0.29, 0.717) is 22.2 Å². The van der Waals surface area contributed by atoms with Crippen LogP contribution in [-0.4, -0.2) is 24.7 Å². The van der Waals surface area contributed by atoms with E-state index in [9.17, 15) is 4.79 Å². The third-order valence-electron chi connectivity index (χ3n) is 3.47. The van der Waals surface area contributed by atoms with E-state index in [4.69, 9.17) is 12.2 Å². The monoisotopic (exact) mass is 351 g/mol. The summed E-state index contributed by atoms with van der Waals surface area (Å²) < 4.78 is 2.43. The lowest BCUT2D eigenvalue weighted by molar-refractivity contribution is 0.754. The lowest BCUT2D eigenvalue weighted by Gasteiger charge is -2.07. The first-order chi connectivity index (χ1) is 11.1. The molecule has 8 heteroatoms. The molecule has 2 rings (SSSR count). The fourth-order valence-corrected chi connectivity index (χ4v) is 3.29. The van der Waals surface area contributed by atoms with Crippen LogP contribution in [0.1, 0.15) is 36.8 Å². The van der Waals surface area contributed by atoms with Crippen molar-refractivity contribution >= 4 is 24.0 Å². The highest BCUT2D eigenvalue weighted by Crippen LogP contribution is 2.18. The normalized spacial score (nSPS) is 10.9. The number of aromatic amines is 2. The van der Waals surface area contributed by atoms with Gasteiger partial charge in [-0.2, -0.15) is 5.10 Å². The third-order valence-corrected chi connectivity index (χ3v) is 4.65. The molecule has 2 heterocycles. The molecule has 0 fully saturated rings. The van der Waals surface area contributed by atoms with E-state index >= 15 is 0 Å². The van der Waals surface area contributed by atoms with Crippen molar-refractivity contribution in [3.63, 3.8) is 0 Å². The number of allylic oxidation sites excluding steroid dienone is 1. The highest BCUT2D eigenvalue weighted by atomic mass is 32.2. The second-order valence-electron chi connectivity index (χ2n) is 5.17. The van der Waals surface area contributed by atoms with Gasteiger partial charge in [-0.1, -0.05) is 31.2 Å². The summed E-state index contributed by atoms with van der Waals surface area (Å²) in [7, 11) is 0. The molecule has 0 saturated heterocycles. The van der Waals surface area contributed by atoms with Gasteiger partial charge in [-0.25, -0.2) is 4.98 Å². The summed E-state index contributed by atoms with van der Waals surface area (Å²) >= 11 is 6.62. The molecule has 0 aliphatic carbocycles. The van der Waals surface area contributed by atoms with Crippen LogP contribution in [0.15, 0.2) is 22.6 Å². The summed E-state index contributed by atoms with van der Waals surface area (Å²) in [5.74, 6) is 1.37. The SMILES string of the molecule is C=CCn1c(CSc2nc(C)c(CCCC)c(=O)[nH]2)n[nH]c1=S. The summed E-state index contributed by atoms with van der Waals surface area (Å²) in [5.41, 5.74) is 1.54. The molecule has 0 saturated carbocycles. The van der Waals surface area contributed by atoms with Gasteiger partial charge in [0.2, 0.25) is 0 Å². The highest BCUT2D eigenvalue weighted by molar-refractivity contribution is 7.98. The Morgan fingerprint density at radius 1 is 1.48 bits per heavy atom. The topological polar surface area (TPSA) is 79.4 Å². The number of hydrogen-bond donors (Lipinski definition) is 2. The Kier molecular flexibility index (Phi) is 6.35. The standard InChI is InChI=1S/C15H21N5OS2/c1-4-6-7-11-10(3)16-14(17-13(11)21)23-9-12-18-19-15(22)20(12)8-5-2/h5H,2,4,6-9H2,1,3H3,(H,19,22)(H,16,17,21). The number of hydrogen-bond acceptors (Lipinski definition) is 5. The van der Waals surface area contributed by atoms with E-state index in [1.807, 2.05) is 11.5 Å². The number of nitrogens with zero attached hydrogens (tertiary/aromatic N) is 3. The highest BCUT2D eigenvalue weighted by Gasteiger charge is 2.10. The van der Waals surface area contributed by atoms with Crippen molar-refractivity contribution in [1.29, 1.82) is 0 Å². The molecule has 0 bridgehead atoms. The van der Waals surface area contributed by atoms with Crippen LogP contribution < -0.4 is 5.56 Å². The van der Waals surface area contributed by atoms with Crippen LogP contribution in [0.5, 0.6) is 0 Å². The Hall–Kier alpha value is -1.67. The van der Waals surface area contributed by atoms with Crippen molar-refractivity contribution in [3.8, 4) is 0 Å². The Morgan fingerprint density at radius 3 is 2.91 bits per heavy atom. The molecule has 23 heavy (non-hydrogen) atoms. The van der Waals surface area contributed by atoms with E-state index in [1.165, 1.54) is 11.8 Å². The van der Waals surface area contributed by atoms with Crippen LogP contribution in [0, 0.1) is 11.7 Å². The minimum atomic E-state index is -0.0431. The van der Waals surface area contributed by atoms with Gasteiger partial charge < -0.3 is 4.98 Å². The van der Waals surface area contributed by atoms with Crippen molar-refractivity contribution in [2.24, 2.45) is 0 Å². The molecule has 0 radical (unpaired) electrons. The van der Waals surface area contributed by atoms with Crippen molar-refractivity contribution in [2.45, 2.75) is 50.6 Å². The second-order valence-corrected chi connectivity index (χ2v) is 6.52. The number of nitrogens with one attached hydrogen (secondary N) is 2. The quantitative estimate of drug-likeness (QED) is 0.330. The summed E-state index contributed by atoms with van der Waals surface area (Å²) in [6, 6.07) is 0. The molecule has 2 aromatic rings. The van der Waals surface area contributed by atoms with Gasteiger partial charge in [-0.3, -0.25) is 14.5 Å². The Labute approximate surface area is 144 Å². The Bertz CT molecular complexity index is 790. The zero-order chi connectivity index (χ0) is 16.8. The van der Waals surface area contributed by atoms with Gasteiger partial charge in [-0.05, 0) is 32.0 Å². The predicted molar refractivity (Wildman–Crippen MR) is 95.4 cm³/mol. The molecule has 0 aliphatic heterocycles. The zero-order valence-electron chi connectivity index (χ0n) is 13.4. The number of aromatic nitrogens is 5. The smallest absolute Gasteiger partial charge is 0.254 e. The van der Waals surface area contributed by atoms with Crippen LogP contribution in [0.2, 0.25) is 0 Å². The van der Waals surface area contributed by atoms with E-state index < -0.39 is 0 Å². The second kappa shape index (κ2) is 8.26. The molecular formula is C15H21N5OS2. The molecule has 2 N–H and O–H groups in total. The van der Waals surface area contributed by atoms with Crippen LogP contribution in [0.25, 0.3) is 0 Å². The average Bonchev–Trinajstić information content (AvgIpc) is 2.86. The van der Waals surface area contributed by atoms with E-state index in [2.05, 4.69) is 33.7 Å². The lowest BCUT2D eigenvalue weighted by Crippen LogP contribution is -2.17. The minimum Gasteiger partial charge on any atom is -0.301 e. The van der Waals surface area contributed by atoms with Gasteiger partial charge in [0, 0.05) is 17.8 Å². The predicted octanol–water partition coefficient (Wildman–Crippen LogP) is 3.15. The Morgan fingerprint density at radius 2 is 2.26 bits per heavy atom. The first-order valence-corrected chi connectivity index (χ1v) is 8.93. The van der Waals surface area contributed by atoms with Crippen molar-refractivity contribution in [3.05, 3.63) is 44.9 Å². The van der Waals surface area contributed by atoms with Gasteiger partial charge in [0.05, 0.1) is 5.75 Å². The fraction of sp³-hybridized carbons (Fsp3) is 0.467. The minimum absolute atomic E-state index is 0.0431. The fourth-order valence-electron chi connectivity index (χ4n) is 2.21. The van der Waals surface area contributed by atoms with Crippen molar-refractivity contribution < 1.29 is 0 Å². The average molecular weight is 352 g/mol. The largest absolute Gasteiger partial charge is 0.301 e. The molecular weight excluding hydrogens is 330 g/mol. The first-order valence-electron chi connectivity index (χ1n) is 7.54. The summed E-state index contributed by atoms with van der Waals surface area (Å²) in [4.78, 5) is 19.5. The van der Waals surface area contributed by atoms with Gasteiger partial charge >= 0.3 is 0 Å². The maximum atomic E-state index is 12.2. The third kappa shape index (κ3) is 4.42. The molecule has 0 unspecified atom stereocenters. The summed E-state index contributed by atoms with van der Waals surface area (Å²) in [5, 5.41) is 7.59. The maximum absolute atomic E-state index is 12.2. The molecule has 0 aliphatic rings. The van der Waals surface area contributed by atoms with Gasteiger partial charge in [-0.15, -0.1) is 6.58 Å². The van der Waals surface area contributed by atoms with Gasteiger partial charge in [0.25, 0.3) is 5.56 Å². The molecule has 0 spiro atoms. The van der Waals surface area contributed by atoms with Crippen molar-refractivity contribution in [1.82, 2.24) is 24.7 Å². The van der Waals surface area contributed by atoms with Crippen LogP contribution >= 0.6 is 24.0 Å². The van der Waals surface area contributed by atoms with Crippen LogP contribution in [0.4, 0.5) is 0 Å². The van der Waals surface area contributed by atoms with Gasteiger partial charge in [0.1, 0.15) is 5.82 Å². The number of unbranched alkanes of at least 4 members (excludes halogenated alkanes) is 1. The van der Waals surface area contributed by atoms with Crippen LogP contribution in [-0.2, 0) is 18.7 Å².